The van der Waals surface area contributed by atoms with Crippen LogP contribution in [0.15, 0.2) is 18.2 Å². The summed E-state index contributed by atoms with van der Waals surface area (Å²) in [5.74, 6) is -0.00797. The molecule has 96 valence electrons. The second kappa shape index (κ2) is 4.80. The lowest BCUT2D eigenvalue weighted by molar-refractivity contribution is -0.119. The lowest BCUT2D eigenvalue weighted by Gasteiger charge is -2.29. The van der Waals surface area contributed by atoms with Crippen molar-refractivity contribution < 1.29 is 9.59 Å². The Hall–Kier alpha value is -1.84. The maximum Gasteiger partial charge on any atom is 0.224 e. The van der Waals surface area contributed by atoms with Crippen molar-refractivity contribution in [2.75, 3.05) is 11.4 Å². The Kier molecular flexibility index (Phi) is 3.36. The van der Waals surface area contributed by atoms with Gasteiger partial charge < -0.3 is 10.2 Å². The van der Waals surface area contributed by atoms with Gasteiger partial charge >= 0.3 is 0 Å². The zero-order valence-corrected chi connectivity index (χ0v) is 11.0. The van der Waals surface area contributed by atoms with Crippen molar-refractivity contribution in [3.05, 3.63) is 29.3 Å². The van der Waals surface area contributed by atoms with Gasteiger partial charge in [-0.2, -0.15) is 0 Å². The maximum atomic E-state index is 11.9. The largest absolute Gasteiger partial charge is 0.354 e. The zero-order valence-electron chi connectivity index (χ0n) is 11.0. The third-order valence-corrected chi connectivity index (χ3v) is 3.34. The number of hydrogen-bond donors (Lipinski definition) is 1. The van der Waals surface area contributed by atoms with E-state index in [1.165, 1.54) is 0 Å². The number of carbonyl (C=O) groups excluding carboxylic acids is 2. The number of carbonyl (C=O) groups is 2. The van der Waals surface area contributed by atoms with Crippen molar-refractivity contribution in [1.82, 2.24) is 5.32 Å². The van der Waals surface area contributed by atoms with Crippen molar-refractivity contribution in [2.24, 2.45) is 0 Å². The Labute approximate surface area is 107 Å². The molecule has 0 saturated carbocycles. The minimum Gasteiger partial charge on any atom is -0.354 e. The molecule has 4 heteroatoms. The zero-order chi connectivity index (χ0) is 13.3. The third-order valence-electron chi connectivity index (χ3n) is 3.34. The Morgan fingerprint density at radius 1 is 1.33 bits per heavy atom. The van der Waals surface area contributed by atoms with Gasteiger partial charge in [0.1, 0.15) is 0 Å². The number of anilines is 1. The molecule has 0 spiro atoms. The number of para-hydroxylation sites is 1. The topological polar surface area (TPSA) is 49.4 Å². The highest BCUT2D eigenvalue weighted by Crippen LogP contribution is 2.28. The molecule has 0 aromatic heterocycles. The monoisotopic (exact) mass is 246 g/mol. The van der Waals surface area contributed by atoms with Gasteiger partial charge in [-0.15, -0.1) is 0 Å². The van der Waals surface area contributed by atoms with Gasteiger partial charge in [0.15, 0.2) is 0 Å². The van der Waals surface area contributed by atoms with E-state index in [0.717, 1.165) is 16.8 Å². The number of hydrogen-bond acceptors (Lipinski definition) is 2. The van der Waals surface area contributed by atoms with E-state index in [2.05, 4.69) is 5.32 Å². The Morgan fingerprint density at radius 2 is 1.94 bits per heavy atom. The third kappa shape index (κ3) is 2.23. The Morgan fingerprint density at radius 3 is 2.39 bits per heavy atom. The molecule has 1 aromatic rings. The summed E-state index contributed by atoms with van der Waals surface area (Å²) in [5, 5.41) is 2.78. The molecule has 0 bridgehead atoms. The van der Waals surface area contributed by atoms with Gasteiger partial charge in [-0.1, -0.05) is 18.2 Å². The van der Waals surface area contributed by atoms with Gasteiger partial charge in [0.2, 0.25) is 11.8 Å². The number of aryl methyl sites for hydroxylation is 2. The molecule has 1 atom stereocenters. The van der Waals surface area contributed by atoms with Gasteiger partial charge in [0, 0.05) is 25.6 Å². The molecule has 0 aliphatic carbocycles. The maximum absolute atomic E-state index is 11.9. The number of amides is 2. The van der Waals surface area contributed by atoms with Gasteiger partial charge in [-0.05, 0) is 25.0 Å². The number of rotatable bonds is 2. The molecule has 4 nitrogen and oxygen atoms in total. The molecule has 1 fully saturated rings. The highest BCUT2D eigenvalue weighted by atomic mass is 16.2. The van der Waals surface area contributed by atoms with Crippen LogP contribution >= 0.6 is 0 Å². The van der Waals surface area contributed by atoms with Gasteiger partial charge in [-0.25, -0.2) is 0 Å². The molecular formula is C14H18N2O2. The van der Waals surface area contributed by atoms with Crippen LogP contribution in [0, 0.1) is 13.8 Å². The molecule has 1 unspecified atom stereocenters. The minimum atomic E-state index is -0.0743. The summed E-state index contributed by atoms with van der Waals surface area (Å²) in [6.07, 6.45) is 0.382. The predicted octanol–water partition coefficient (Wildman–Crippen LogP) is 1.54. The smallest absolute Gasteiger partial charge is 0.224 e. The molecule has 2 amide bonds. The fraction of sp³-hybridized carbons (Fsp3) is 0.429. The van der Waals surface area contributed by atoms with Crippen LogP contribution in [0.3, 0.4) is 0 Å². The summed E-state index contributed by atoms with van der Waals surface area (Å²) in [6, 6.07) is 5.88. The quantitative estimate of drug-likeness (QED) is 0.860. The van der Waals surface area contributed by atoms with Crippen LogP contribution in [-0.4, -0.2) is 24.4 Å². The van der Waals surface area contributed by atoms with Crippen molar-refractivity contribution >= 4 is 17.5 Å². The van der Waals surface area contributed by atoms with Crippen molar-refractivity contribution in [3.63, 3.8) is 0 Å². The number of nitrogens with zero attached hydrogens (tertiary/aromatic N) is 1. The van der Waals surface area contributed by atoms with E-state index in [1.54, 1.807) is 11.8 Å². The second-order valence-corrected chi connectivity index (χ2v) is 4.79. The second-order valence-electron chi connectivity index (χ2n) is 4.79. The molecular weight excluding hydrogens is 228 g/mol. The standard InChI is InChI=1S/C14H18N2O2/c1-9-5-4-6-10(2)14(9)16(11(3)17)12-7-13(18)15-8-12/h4-6,12H,7-8H2,1-3H3,(H,15,18). The fourth-order valence-electron chi connectivity index (χ4n) is 2.56. The van der Waals surface area contributed by atoms with Gasteiger partial charge in [-0.3, -0.25) is 9.59 Å². The van der Waals surface area contributed by atoms with Crippen molar-refractivity contribution in [1.29, 1.82) is 0 Å². The summed E-state index contributed by atoms with van der Waals surface area (Å²) in [6.45, 7) is 6.06. The van der Waals surface area contributed by atoms with Crippen LogP contribution in [0.4, 0.5) is 5.69 Å². The van der Waals surface area contributed by atoms with E-state index in [-0.39, 0.29) is 17.9 Å². The molecule has 1 aliphatic heterocycles. The minimum absolute atomic E-state index is 0.0116. The summed E-state index contributed by atoms with van der Waals surface area (Å²) in [7, 11) is 0. The van der Waals surface area contributed by atoms with Crippen LogP contribution in [0.25, 0.3) is 0 Å². The molecule has 18 heavy (non-hydrogen) atoms. The first-order valence-corrected chi connectivity index (χ1v) is 6.13. The fourth-order valence-corrected chi connectivity index (χ4v) is 2.56. The first kappa shape index (κ1) is 12.6. The van der Waals surface area contributed by atoms with E-state index in [1.807, 2.05) is 32.0 Å². The Bertz CT molecular complexity index is 476. The van der Waals surface area contributed by atoms with Gasteiger partial charge in [0.25, 0.3) is 0 Å². The van der Waals surface area contributed by atoms with E-state index >= 15 is 0 Å². The molecule has 0 radical (unpaired) electrons. The number of nitrogens with one attached hydrogen (secondary N) is 1. The molecule has 1 heterocycles. The highest BCUT2D eigenvalue weighted by Gasteiger charge is 2.31. The SMILES string of the molecule is CC(=O)N(c1c(C)cccc1C)C1CNC(=O)C1. The van der Waals surface area contributed by atoms with Crippen LogP contribution in [0.2, 0.25) is 0 Å². The van der Waals surface area contributed by atoms with Crippen LogP contribution in [-0.2, 0) is 9.59 Å². The average Bonchev–Trinajstić information content (AvgIpc) is 2.69. The first-order chi connectivity index (χ1) is 8.50. The normalized spacial score (nSPS) is 18.6. The lowest BCUT2D eigenvalue weighted by Crippen LogP contribution is -2.41. The predicted molar refractivity (Wildman–Crippen MR) is 70.5 cm³/mol. The molecule has 1 N–H and O–H groups in total. The Balaban J connectivity index is 2.42. The van der Waals surface area contributed by atoms with Crippen LogP contribution in [0.1, 0.15) is 24.5 Å². The molecule has 1 aromatic carbocycles. The number of benzene rings is 1. The van der Waals surface area contributed by atoms with Crippen molar-refractivity contribution in [2.45, 2.75) is 33.2 Å². The summed E-state index contributed by atoms with van der Waals surface area (Å²) < 4.78 is 0. The summed E-state index contributed by atoms with van der Waals surface area (Å²) >= 11 is 0. The van der Waals surface area contributed by atoms with Crippen LogP contribution in [0.5, 0.6) is 0 Å². The summed E-state index contributed by atoms with van der Waals surface area (Å²) in [5.41, 5.74) is 3.06. The van der Waals surface area contributed by atoms with E-state index < -0.39 is 0 Å². The van der Waals surface area contributed by atoms with Gasteiger partial charge in [0.05, 0.1) is 6.04 Å². The first-order valence-electron chi connectivity index (χ1n) is 6.13. The van der Waals surface area contributed by atoms with E-state index in [9.17, 15) is 9.59 Å². The van der Waals surface area contributed by atoms with Crippen LogP contribution < -0.4 is 10.2 Å². The average molecular weight is 246 g/mol. The van der Waals surface area contributed by atoms with E-state index in [4.69, 9.17) is 0 Å². The highest BCUT2D eigenvalue weighted by molar-refractivity contribution is 5.95. The lowest BCUT2D eigenvalue weighted by atomic mass is 10.1. The summed E-state index contributed by atoms with van der Waals surface area (Å²) in [4.78, 5) is 25.0. The molecule has 1 saturated heterocycles. The van der Waals surface area contributed by atoms with Crippen molar-refractivity contribution in [3.8, 4) is 0 Å². The van der Waals surface area contributed by atoms with E-state index in [0.29, 0.717) is 13.0 Å². The molecule has 1 aliphatic rings. The molecule has 2 rings (SSSR count).